The first-order valence-electron chi connectivity index (χ1n) is 7.61. The van der Waals surface area contributed by atoms with Gasteiger partial charge in [-0.1, -0.05) is 35.0 Å². The molecule has 4 heteroatoms. The molecule has 0 spiro atoms. The highest BCUT2D eigenvalue weighted by atomic mass is 16.5. The van der Waals surface area contributed by atoms with E-state index in [0.29, 0.717) is 0 Å². The molecule has 0 aliphatic carbocycles. The maximum Gasteiger partial charge on any atom is 0.150 e. The standard InChI is InChI=1S/C17H23N3O/c1-14-4-3-5-16(10-14)12-19-6-8-20(9-7-19)13-17-11-15(2)18-21-17/h3-5,10-11H,6-9,12-13H2,1-2H3. The number of hydrogen-bond acceptors (Lipinski definition) is 4. The number of benzene rings is 1. The molecular weight excluding hydrogens is 262 g/mol. The van der Waals surface area contributed by atoms with E-state index in [4.69, 9.17) is 4.52 Å². The fourth-order valence-corrected chi connectivity index (χ4v) is 2.89. The van der Waals surface area contributed by atoms with Gasteiger partial charge >= 0.3 is 0 Å². The largest absolute Gasteiger partial charge is 0.360 e. The summed E-state index contributed by atoms with van der Waals surface area (Å²) >= 11 is 0. The highest BCUT2D eigenvalue weighted by molar-refractivity contribution is 5.22. The first-order valence-corrected chi connectivity index (χ1v) is 7.61. The maximum absolute atomic E-state index is 5.30. The van der Waals surface area contributed by atoms with E-state index < -0.39 is 0 Å². The van der Waals surface area contributed by atoms with Crippen LogP contribution in [0.3, 0.4) is 0 Å². The fourth-order valence-electron chi connectivity index (χ4n) is 2.89. The number of aryl methyl sites for hydroxylation is 2. The van der Waals surface area contributed by atoms with Crippen LogP contribution in [-0.2, 0) is 13.1 Å². The van der Waals surface area contributed by atoms with Crippen LogP contribution in [0.4, 0.5) is 0 Å². The van der Waals surface area contributed by atoms with Crippen molar-refractivity contribution in [3.05, 3.63) is 52.9 Å². The van der Waals surface area contributed by atoms with Crippen molar-refractivity contribution in [2.24, 2.45) is 0 Å². The SMILES string of the molecule is Cc1cccc(CN2CCN(Cc3cc(C)no3)CC2)c1. The molecule has 1 fully saturated rings. The van der Waals surface area contributed by atoms with Crippen LogP contribution in [0.1, 0.15) is 22.6 Å². The molecule has 0 radical (unpaired) electrons. The molecule has 0 amide bonds. The van der Waals surface area contributed by atoms with Gasteiger partial charge in [0.25, 0.3) is 0 Å². The predicted octanol–water partition coefficient (Wildman–Crippen LogP) is 2.61. The van der Waals surface area contributed by atoms with Crippen molar-refractivity contribution in [2.75, 3.05) is 26.2 Å². The molecule has 1 saturated heterocycles. The van der Waals surface area contributed by atoms with Gasteiger partial charge in [-0.05, 0) is 19.4 Å². The van der Waals surface area contributed by atoms with Gasteiger partial charge in [-0.15, -0.1) is 0 Å². The summed E-state index contributed by atoms with van der Waals surface area (Å²) in [5, 5.41) is 3.95. The number of piperazine rings is 1. The molecule has 0 N–H and O–H groups in total. The molecule has 0 unspecified atom stereocenters. The summed E-state index contributed by atoms with van der Waals surface area (Å²) in [6, 6.07) is 10.8. The van der Waals surface area contributed by atoms with Gasteiger partial charge in [0, 0.05) is 38.8 Å². The molecule has 1 aliphatic heterocycles. The van der Waals surface area contributed by atoms with Crippen LogP contribution in [0.2, 0.25) is 0 Å². The van der Waals surface area contributed by atoms with Crippen molar-refractivity contribution in [1.29, 1.82) is 0 Å². The molecule has 2 heterocycles. The Morgan fingerprint density at radius 2 is 1.71 bits per heavy atom. The van der Waals surface area contributed by atoms with Crippen molar-refractivity contribution in [1.82, 2.24) is 15.0 Å². The van der Waals surface area contributed by atoms with Crippen molar-refractivity contribution in [3.63, 3.8) is 0 Å². The van der Waals surface area contributed by atoms with Gasteiger partial charge < -0.3 is 4.52 Å². The molecule has 2 aromatic rings. The molecule has 3 rings (SSSR count). The van der Waals surface area contributed by atoms with E-state index in [1.54, 1.807) is 0 Å². The fraction of sp³-hybridized carbons (Fsp3) is 0.471. The molecule has 0 saturated carbocycles. The van der Waals surface area contributed by atoms with Crippen molar-refractivity contribution in [2.45, 2.75) is 26.9 Å². The van der Waals surface area contributed by atoms with Crippen LogP contribution in [0.15, 0.2) is 34.9 Å². The van der Waals surface area contributed by atoms with Gasteiger partial charge in [-0.2, -0.15) is 0 Å². The number of aromatic nitrogens is 1. The normalized spacial score (nSPS) is 17.2. The zero-order valence-corrected chi connectivity index (χ0v) is 12.9. The maximum atomic E-state index is 5.30. The van der Waals surface area contributed by atoms with Crippen molar-refractivity contribution < 1.29 is 4.52 Å². The van der Waals surface area contributed by atoms with Crippen LogP contribution in [-0.4, -0.2) is 41.1 Å². The minimum absolute atomic E-state index is 0.874. The first-order chi connectivity index (χ1) is 10.2. The smallest absolute Gasteiger partial charge is 0.150 e. The molecule has 1 aromatic carbocycles. The van der Waals surface area contributed by atoms with Crippen LogP contribution in [0.5, 0.6) is 0 Å². The van der Waals surface area contributed by atoms with Crippen molar-refractivity contribution >= 4 is 0 Å². The highest BCUT2D eigenvalue weighted by Crippen LogP contribution is 2.13. The summed E-state index contributed by atoms with van der Waals surface area (Å²) in [5.41, 5.74) is 3.71. The summed E-state index contributed by atoms with van der Waals surface area (Å²) in [6.45, 7) is 10.4. The Hall–Kier alpha value is -1.65. The van der Waals surface area contributed by atoms with Crippen LogP contribution < -0.4 is 0 Å². The van der Waals surface area contributed by atoms with Gasteiger partial charge in [-0.3, -0.25) is 9.80 Å². The molecule has 0 atom stereocenters. The third-order valence-electron chi connectivity index (χ3n) is 4.01. The average molecular weight is 285 g/mol. The monoisotopic (exact) mass is 285 g/mol. The van der Waals surface area contributed by atoms with Gasteiger partial charge in [0.2, 0.25) is 0 Å². The Morgan fingerprint density at radius 3 is 2.33 bits per heavy atom. The van der Waals surface area contributed by atoms with Gasteiger partial charge in [0.05, 0.1) is 12.2 Å². The summed E-state index contributed by atoms with van der Waals surface area (Å²) in [6.07, 6.45) is 0. The lowest BCUT2D eigenvalue weighted by atomic mass is 10.1. The molecule has 0 bridgehead atoms. The average Bonchev–Trinajstić information content (AvgIpc) is 2.86. The van der Waals surface area contributed by atoms with Gasteiger partial charge in [0.15, 0.2) is 5.76 Å². The number of hydrogen-bond donors (Lipinski definition) is 0. The minimum atomic E-state index is 0.874. The second-order valence-electron chi connectivity index (χ2n) is 5.98. The Morgan fingerprint density at radius 1 is 1.00 bits per heavy atom. The molecule has 1 aliphatic rings. The summed E-state index contributed by atoms with van der Waals surface area (Å²) in [5.74, 6) is 0.972. The van der Waals surface area contributed by atoms with Gasteiger partial charge in [0.1, 0.15) is 0 Å². The quantitative estimate of drug-likeness (QED) is 0.864. The van der Waals surface area contributed by atoms with E-state index in [9.17, 15) is 0 Å². The lowest BCUT2D eigenvalue weighted by Crippen LogP contribution is -2.45. The predicted molar refractivity (Wildman–Crippen MR) is 83.0 cm³/mol. The summed E-state index contributed by atoms with van der Waals surface area (Å²) < 4.78 is 5.30. The van der Waals surface area contributed by atoms with Crippen LogP contribution >= 0.6 is 0 Å². The Balaban J connectivity index is 1.48. The second kappa shape index (κ2) is 6.41. The number of nitrogens with zero attached hydrogens (tertiary/aromatic N) is 3. The van der Waals surface area contributed by atoms with Gasteiger partial charge in [-0.25, -0.2) is 0 Å². The zero-order valence-electron chi connectivity index (χ0n) is 12.9. The summed E-state index contributed by atoms with van der Waals surface area (Å²) in [7, 11) is 0. The lowest BCUT2D eigenvalue weighted by molar-refractivity contribution is 0.113. The van der Waals surface area contributed by atoms with E-state index in [2.05, 4.69) is 46.1 Å². The molecular formula is C17H23N3O. The molecule has 1 aromatic heterocycles. The molecule has 4 nitrogen and oxygen atoms in total. The highest BCUT2D eigenvalue weighted by Gasteiger charge is 2.18. The number of rotatable bonds is 4. The van der Waals surface area contributed by atoms with E-state index in [-0.39, 0.29) is 0 Å². The van der Waals surface area contributed by atoms with E-state index in [0.717, 1.165) is 50.7 Å². The zero-order chi connectivity index (χ0) is 14.7. The van der Waals surface area contributed by atoms with E-state index >= 15 is 0 Å². The minimum Gasteiger partial charge on any atom is -0.360 e. The lowest BCUT2D eigenvalue weighted by Gasteiger charge is -2.34. The van der Waals surface area contributed by atoms with E-state index in [1.807, 2.05) is 13.0 Å². The third-order valence-corrected chi connectivity index (χ3v) is 4.01. The topological polar surface area (TPSA) is 32.5 Å². The Labute approximate surface area is 126 Å². The molecule has 112 valence electrons. The van der Waals surface area contributed by atoms with E-state index in [1.165, 1.54) is 11.1 Å². The summed E-state index contributed by atoms with van der Waals surface area (Å²) in [4.78, 5) is 4.96. The Kier molecular flexibility index (Phi) is 4.36. The van der Waals surface area contributed by atoms with Crippen molar-refractivity contribution in [3.8, 4) is 0 Å². The first kappa shape index (κ1) is 14.3. The Bertz CT molecular complexity index is 585. The van der Waals surface area contributed by atoms with Crippen LogP contribution in [0, 0.1) is 13.8 Å². The second-order valence-corrected chi connectivity index (χ2v) is 5.98. The third kappa shape index (κ3) is 3.93. The molecule has 21 heavy (non-hydrogen) atoms. The van der Waals surface area contributed by atoms with Crippen LogP contribution in [0.25, 0.3) is 0 Å².